The molecule has 0 heterocycles. The van der Waals surface area contributed by atoms with Gasteiger partial charge in [-0.25, -0.2) is 12.8 Å². The summed E-state index contributed by atoms with van der Waals surface area (Å²) in [5.74, 6) is -1.60. The quantitative estimate of drug-likeness (QED) is 0.381. The molecule has 0 unspecified atom stereocenters. The van der Waals surface area contributed by atoms with Gasteiger partial charge in [0.1, 0.15) is 18.4 Å². The number of nitrogens with zero attached hydrogens (tertiary/aromatic N) is 2. The van der Waals surface area contributed by atoms with E-state index in [1.165, 1.54) is 35.2 Å². The van der Waals surface area contributed by atoms with E-state index in [2.05, 4.69) is 5.32 Å². The van der Waals surface area contributed by atoms with Crippen LogP contribution in [0.25, 0.3) is 0 Å². The summed E-state index contributed by atoms with van der Waals surface area (Å²) in [4.78, 5) is 28.3. The summed E-state index contributed by atoms with van der Waals surface area (Å²) in [7, 11) is -4.17. The Morgan fingerprint density at radius 1 is 0.925 bits per heavy atom. The number of carbonyl (C=O) groups is 2. The van der Waals surface area contributed by atoms with Gasteiger partial charge < -0.3 is 10.2 Å². The largest absolute Gasteiger partial charge is 0.350 e. The summed E-state index contributed by atoms with van der Waals surface area (Å²) < 4.78 is 43.5. The molecule has 0 fully saturated rings. The summed E-state index contributed by atoms with van der Waals surface area (Å²) in [5, 5.41) is 2.86. The normalized spacial score (nSPS) is 12.5. The van der Waals surface area contributed by atoms with Crippen LogP contribution in [0.2, 0.25) is 0 Å². The van der Waals surface area contributed by atoms with Gasteiger partial charge in [0, 0.05) is 17.6 Å². The van der Waals surface area contributed by atoms with Crippen molar-refractivity contribution in [1.29, 1.82) is 0 Å². The van der Waals surface area contributed by atoms with Crippen LogP contribution in [-0.2, 0) is 26.2 Å². The van der Waals surface area contributed by atoms with Crippen LogP contribution in [0, 0.1) is 26.6 Å². The third kappa shape index (κ3) is 7.47. The molecule has 214 valence electrons. The van der Waals surface area contributed by atoms with Gasteiger partial charge in [0.2, 0.25) is 11.8 Å². The standard InChI is InChI=1S/C31H38FN3O4S/c1-21-12-16-27(17-13-21)40(38,39)35(26-15-14-22(2)23(3)18-26)20-29(36)34(19-25-10-8-9-11-28(25)32)24(4)30(37)33-31(5,6)7/h8-18,24H,19-20H2,1-7H3,(H,33,37)/t24-/m0/s1. The average Bonchev–Trinajstić information content (AvgIpc) is 2.87. The SMILES string of the molecule is Cc1ccc(S(=O)(=O)N(CC(=O)N(Cc2ccccc2F)[C@@H](C)C(=O)NC(C)(C)C)c2ccc(C)c(C)c2)cc1. The lowest BCUT2D eigenvalue weighted by Gasteiger charge is -2.33. The second-order valence-electron chi connectivity index (χ2n) is 11.1. The summed E-state index contributed by atoms with van der Waals surface area (Å²) in [6.07, 6.45) is 0. The van der Waals surface area contributed by atoms with E-state index in [1.54, 1.807) is 43.3 Å². The van der Waals surface area contributed by atoms with E-state index in [0.29, 0.717) is 5.69 Å². The highest BCUT2D eigenvalue weighted by atomic mass is 32.2. The number of anilines is 1. The Morgan fingerprint density at radius 2 is 1.55 bits per heavy atom. The third-order valence-electron chi connectivity index (χ3n) is 6.63. The monoisotopic (exact) mass is 567 g/mol. The summed E-state index contributed by atoms with van der Waals surface area (Å²) in [6.45, 7) is 11.8. The minimum absolute atomic E-state index is 0.0308. The van der Waals surface area contributed by atoms with Crippen molar-refractivity contribution in [3.63, 3.8) is 0 Å². The van der Waals surface area contributed by atoms with Crippen molar-refractivity contribution in [2.45, 2.75) is 71.5 Å². The van der Waals surface area contributed by atoms with E-state index in [4.69, 9.17) is 0 Å². The van der Waals surface area contributed by atoms with E-state index in [-0.39, 0.29) is 17.0 Å². The lowest BCUT2D eigenvalue weighted by Crippen LogP contribution is -2.54. The van der Waals surface area contributed by atoms with Gasteiger partial charge in [-0.2, -0.15) is 0 Å². The molecular weight excluding hydrogens is 529 g/mol. The number of amides is 2. The molecule has 9 heteroatoms. The van der Waals surface area contributed by atoms with Gasteiger partial charge in [-0.05, 0) is 89.9 Å². The summed E-state index contributed by atoms with van der Waals surface area (Å²) in [6, 6.07) is 16.5. The number of hydrogen-bond donors (Lipinski definition) is 1. The number of halogens is 1. The molecule has 0 saturated heterocycles. The van der Waals surface area contributed by atoms with Crippen molar-refractivity contribution >= 4 is 27.5 Å². The fourth-order valence-electron chi connectivity index (χ4n) is 4.11. The zero-order chi connectivity index (χ0) is 29.8. The minimum atomic E-state index is -4.17. The fourth-order valence-corrected chi connectivity index (χ4v) is 5.52. The number of aryl methyl sites for hydroxylation is 3. The molecule has 0 bridgehead atoms. The predicted molar refractivity (Wildman–Crippen MR) is 156 cm³/mol. The molecule has 3 rings (SSSR count). The Morgan fingerprint density at radius 3 is 2.12 bits per heavy atom. The molecule has 0 radical (unpaired) electrons. The predicted octanol–water partition coefficient (Wildman–Crippen LogP) is 5.28. The van der Waals surface area contributed by atoms with Crippen LogP contribution >= 0.6 is 0 Å². The molecule has 2 amide bonds. The molecule has 7 nitrogen and oxygen atoms in total. The molecule has 0 saturated carbocycles. The van der Waals surface area contributed by atoms with Crippen LogP contribution in [0.3, 0.4) is 0 Å². The molecule has 0 aliphatic rings. The molecule has 3 aromatic carbocycles. The van der Waals surface area contributed by atoms with Gasteiger partial charge in [0.25, 0.3) is 10.0 Å². The lowest BCUT2D eigenvalue weighted by molar-refractivity contribution is -0.140. The highest BCUT2D eigenvalue weighted by molar-refractivity contribution is 7.92. The van der Waals surface area contributed by atoms with Gasteiger partial charge in [0.05, 0.1) is 10.6 Å². The molecule has 40 heavy (non-hydrogen) atoms. The van der Waals surface area contributed by atoms with E-state index < -0.39 is 45.8 Å². The molecule has 1 atom stereocenters. The highest BCUT2D eigenvalue weighted by Crippen LogP contribution is 2.27. The number of nitrogens with one attached hydrogen (secondary N) is 1. The van der Waals surface area contributed by atoms with Crippen LogP contribution in [0.5, 0.6) is 0 Å². The number of sulfonamides is 1. The topological polar surface area (TPSA) is 86.8 Å². The lowest BCUT2D eigenvalue weighted by atomic mass is 10.1. The van der Waals surface area contributed by atoms with E-state index >= 15 is 0 Å². The van der Waals surface area contributed by atoms with Gasteiger partial charge in [-0.3, -0.25) is 13.9 Å². The average molecular weight is 568 g/mol. The van der Waals surface area contributed by atoms with E-state index in [0.717, 1.165) is 21.0 Å². The second kappa shape index (κ2) is 12.2. The Kier molecular flexibility index (Phi) is 9.40. The summed E-state index contributed by atoms with van der Waals surface area (Å²) >= 11 is 0. The van der Waals surface area contributed by atoms with Crippen molar-refractivity contribution in [2.24, 2.45) is 0 Å². The molecular formula is C31H38FN3O4S. The molecule has 0 spiro atoms. The number of carbonyl (C=O) groups excluding carboxylic acids is 2. The Bertz CT molecular complexity index is 1480. The first-order chi connectivity index (χ1) is 18.6. The number of benzene rings is 3. The van der Waals surface area contributed by atoms with Crippen LogP contribution in [0.15, 0.2) is 71.6 Å². The molecule has 0 aliphatic heterocycles. The van der Waals surface area contributed by atoms with Crippen molar-refractivity contribution in [1.82, 2.24) is 10.2 Å². The number of rotatable bonds is 9. The van der Waals surface area contributed by atoms with Gasteiger partial charge in [-0.1, -0.05) is 42.0 Å². The van der Waals surface area contributed by atoms with Crippen molar-refractivity contribution < 1.29 is 22.4 Å². The molecule has 0 aliphatic carbocycles. The van der Waals surface area contributed by atoms with Crippen LogP contribution in [0.4, 0.5) is 10.1 Å². The maximum Gasteiger partial charge on any atom is 0.264 e. The maximum absolute atomic E-state index is 14.7. The zero-order valence-electron chi connectivity index (χ0n) is 24.2. The Labute approximate surface area is 237 Å². The third-order valence-corrected chi connectivity index (χ3v) is 8.42. The first-order valence-electron chi connectivity index (χ1n) is 13.1. The van der Waals surface area contributed by atoms with Gasteiger partial charge >= 0.3 is 0 Å². The minimum Gasteiger partial charge on any atom is -0.350 e. The molecule has 0 aromatic heterocycles. The van der Waals surface area contributed by atoms with Crippen molar-refractivity contribution in [3.8, 4) is 0 Å². The summed E-state index contributed by atoms with van der Waals surface area (Å²) in [5.41, 5.74) is 2.67. The van der Waals surface area contributed by atoms with Crippen LogP contribution < -0.4 is 9.62 Å². The fraction of sp³-hybridized carbons (Fsp3) is 0.355. The maximum atomic E-state index is 14.7. The first-order valence-corrected chi connectivity index (χ1v) is 14.6. The smallest absolute Gasteiger partial charge is 0.264 e. The van der Waals surface area contributed by atoms with Crippen molar-refractivity contribution in [3.05, 3.63) is 94.8 Å². The van der Waals surface area contributed by atoms with E-state index in [9.17, 15) is 22.4 Å². The van der Waals surface area contributed by atoms with E-state index in [1.807, 2.05) is 41.5 Å². The van der Waals surface area contributed by atoms with Gasteiger partial charge in [-0.15, -0.1) is 0 Å². The number of hydrogen-bond acceptors (Lipinski definition) is 4. The second-order valence-corrected chi connectivity index (χ2v) is 13.0. The van der Waals surface area contributed by atoms with Crippen molar-refractivity contribution in [2.75, 3.05) is 10.8 Å². The first kappa shape index (κ1) is 30.8. The highest BCUT2D eigenvalue weighted by Gasteiger charge is 2.33. The Hall–Kier alpha value is -3.72. The zero-order valence-corrected chi connectivity index (χ0v) is 25.0. The Balaban J connectivity index is 2.08. The van der Waals surface area contributed by atoms with Crippen LogP contribution in [0.1, 0.15) is 49.9 Å². The molecule has 1 N–H and O–H groups in total. The molecule has 3 aromatic rings. The van der Waals surface area contributed by atoms with Gasteiger partial charge in [0.15, 0.2) is 0 Å². The van der Waals surface area contributed by atoms with Crippen LogP contribution in [-0.4, -0.2) is 43.3 Å².